The van der Waals surface area contributed by atoms with Crippen LogP contribution >= 0.6 is 0 Å². The Balaban J connectivity index is 1.99. The van der Waals surface area contributed by atoms with Crippen LogP contribution in [0, 0.1) is 11.8 Å². The number of amides is 1. The van der Waals surface area contributed by atoms with Gasteiger partial charge in [0.05, 0.1) is 17.6 Å². The highest BCUT2D eigenvalue weighted by molar-refractivity contribution is 7.88. The fourth-order valence-corrected chi connectivity index (χ4v) is 4.04. The van der Waals surface area contributed by atoms with Gasteiger partial charge in [0.15, 0.2) is 0 Å². The van der Waals surface area contributed by atoms with Crippen molar-refractivity contribution in [2.45, 2.75) is 38.6 Å². The van der Waals surface area contributed by atoms with Gasteiger partial charge in [-0.3, -0.25) is 9.59 Å². The number of rotatable bonds is 8. The van der Waals surface area contributed by atoms with Crippen molar-refractivity contribution in [3.8, 4) is 0 Å². The maximum Gasteiger partial charge on any atom is 0.307 e. The molecule has 0 aliphatic heterocycles. The summed E-state index contributed by atoms with van der Waals surface area (Å²) in [6, 6.07) is 6.78. The van der Waals surface area contributed by atoms with Crippen LogP contribution in [0.2, 0.25) is 0 Å². The molecule has 24 heavy (non-hydrogen) atoms. The molecule has 1 aromatic carbocycles. The molecule has 2 rings (SSSR count). The molecule has 132 valence electrons. The van der Waals surface area contributed by atoms with Gasteiger partial charge >= 0.3 is 5.97 Å². The van der Waals surface area contributed by atoms with Gasteiger partial charge in [-0.2, -0.15) is 0 Å². The third kappa shape index (κ3) is 5.04. The largest absolute Gasteiger partial charge is 0.481 e. The van der Waals surface area contributed by atoms with E-state index in [1.165, 1.54) is 0 Å². The lowest BCUT2D eigenvalue weighted by Crippen LogP contribution is -2.32. The monoisotopic (exact) mass is 354 g/mol. The molecular formula is C16H22N2O5S. The minimum atomic E-state index is -3.46. The van der Waals surface area contributed by atoms with E-state index in [1.807, 2.05) is 0 Å². The van der Waals surface area contributed by atoms with E-state index in [9.17, 15) is 18.0 Å². The fourth-order valence-electron chi connectivity index (χ4n) is 2.55. The van der Waals surface area contributed by atoms with E-state index in [2.05, 4.69) is 10.0 Å². The lowest BCUT2D eigenvalue weighted by atomic mass is 10.1. The van der Waals surface area contributed by atoms with Gasteiger partial charge in [0.2, 0.25) is 15.9 Å². The standard InChI is InChI=1S/C16H22N2O5S/c1-10(2)18-24(22,23)9-12-6-4-3-5-11(12)8-17-15(19)13-7-14(13)16(20)21/h3-6,10,13-14,18H,7-9H2,1-2H3,(H,17,19)(H,20,21). The van der Waals surface area contributed by atoms with Crippen LogP contribution in [0.4, 0.5) is 0 Å². The molecule has 0 spiro atoms. The molecule has 0 saturated heterocycles. The highest BCUT2D eigenvalue weighted by atomic mass is 32.2. The summed E-state index contributed by atoms with van der Waals surface area (Å²) in [6.07, 6.45) is 0.357. The minimum Gasteiger partial charge on any atom is -0.481 e. The lowest BCUT2D eigenvalue weighted by molar-refractivity contribution is -0.140. The molecule has 0 aromatic heterocycles. The van der Waals surface area contributed by atoms with Gasteiger partial charge in [0.25, 0.3) is 0 Å². The molecule has 2 unspecified atom stereocenters. The molecule has 1 aromatic rings. The first kappa shape index (κ1) is 18.4. The SMILES string of the molecule is CC(C)NS(=O)(=O)Cc1ccccc1CNC(=O)C1CC1C(=O)O. The van der Waals surface area contributed by atoms with Gasteiger partial charge in [-0.1, -0.05) is 24.3 Å². The van der Waals surface area contributed by atoms with Crippen molar-refractivity contribution in [2.24, 2.45) is 11.8 Å². The van der Waals surface area contributed by atoms with Gasteiger partial charge in [0.1, 0.15) is 0 Å². The fraction of sp³-hybridized carbons (Fsp3) is 0.500. The van der Waals surface area contributed by atoms with Gasteiger partial charge < -0.3 is 10.4 Å². The molecule has 1 aliphatic rings. The molecule has 8 heteroatoms. The summed E-state index contributed by atoms with van der Waals surface area (Å²) in [6.45, 7) is 3.67. The smallest absolute Gasteiger partial charge is 0.307 e. The van der Waals surface area contributed by atoms with Crippen molar-refractivity contribution in [2.75, 3.05) is 0 Å². The summed E-state index contributed by atoms with van der Waals surface area (Å²) in [4.78, 5) is 22.7. The van der Waals surface area contributed by atoms with Crippen molar-refractivity contribution in [3.63, 3.8) is 0 Å². The summed E-state index contributed by atoms with van der Waals surface area (Å²) < 4.78 is 26.7. The van der Waals surface area contributed by atoms with Crippen molar-refractivity contribution in [3.05, 3.63) is 35.4 Å². The van der Waals surface area contributed by atoms with Gasteiger partial charge in [-0.25, -0.2) is 13.1 Å². The van der Waals surface area contributed by atoms with Crippen LogP contribution in [-0.4, -0.2) is 31.4 Å². The Morgan fingerprint density at radius 1 is 1.21 bits per heavy atom. The second-order valence-corrected chi connectivity index (χ2v) is 8.06. The molecule has 1 fully saturated rings. The topological polar surface area (TPSA) is 113 Å². The predicted octanol–water partition coefficient (Wildman–Crippen LogP) is 0.851. The third-order valence-corrected chi connectivity index (χ3v) is 5.30. The Labute approximate surface area is 141 Å². The zero-order valence-corrected chi connectivity index (χ0v) is 14.5. The number of carbonyl (C=O) groups excluding carboxylic acids is 1. The van der Waals surface area contributed by atoms with E-state index in [0.717, 1.165) is 0 Å². The van der Waals surface area contributed by atoms with Gasteiger partial charge in [0, 0.05) is 12.6 Å². The summed E-state index contributed by atoms with van der Waals surface area (Å²) >= 11 is 0. The molecule has 3 N–H and O–H groups in total. The maximum absolute atomic E-state index is 12.1. The summed E-state index contributed by atoms with van der Waals surface area (Å²) in [5, 5.41) is 11.5. The highest BCUT2D eigenvalue weighted by Crippen LogP contribution is 2.38. The number of hydrogen-bond acceptors (Lipinski definition) is 4. The summed E-state index contributed by atoms with van der Waals surface area (Å²) in [5.74, 6) is -2.52. The van der Waals surface area contributed by atoms with E-state index in [1.54, 1.807) is 38.1 Å². The average molecular weight is 354 g/mol. The molecular weight excluding hydrogens is 332 g/mol. The van der Waals surface area contributed by atoms with E-state index in [4.69, 9.17) is 5.11 Å². The average Bonchev–Trinajstić information content (AvgIpc) is 3.24. The Hall–Kier alpha value is -1.93. The molecule has 2 atom stereocenters. The maximum atomic E-state index is 12.1. The number of sulfonamides is 1. The molecule has 1 aliphatic carbocycles. The molecule has 0 heterocycles. The Morgan fingerprint density at radius 2 is 1.83 bits per heavy atom. The van der Waals surface area contributed by atoms with E-state index < -0.39 is 27.8 Å². The molecule has 0 bridgehead atoms. The highest BCUT2D eigenvalue weighted by Gasteiger charge is 2.48. The van der Waals surface area contributed by atoms with E-state index in [-0.39, 0.29) is 24.2 Å². The first-order valence-electron chi connectivity index (χ1n) is 7.77. The summed E-state index contributed by atoms with van der Waals surface area (Å²) in [5.41, 5.74) is 1.31. The molecule has 1 saturated carbocycles. The van der Waals surface area contributed by atoms with Gasteiger partial charge in [-0.05, 0) is 31.4 Å². The second kappa shape index (κ2) is 7.31. The zero-order chi connectivity index (χ0) is 17.9. The van der Waals surface area contributed by atoms with Crippen LogP contribution in [-0.2, 0) is 31.9 Å². The number of carboxylic acid groups (broad SMARTS) is 1. The Bertz CT molecular complexity index is 730. The molecule has 1 amide bonds. The summed E-state index contributed by atoms with van der Waals surface area (Å²) in [7, 11) is -3.46. The van der Waals surface area contributed by atoms with E-state index >= 15 is 0 Å². The van der Waals surface area contributed by atoms with Crippen molar-refractivity contribution >= 4 is 21.9 Å². The number of benzene rings is 1. The van der Waals surface area contributed by atoms with Crippen molar-refractivity contribution < 1.29 is 23.1 Å². The van der Waals surface area contributed by atoms with Crippen LogP contribution in [0.3, 0.4) is 0 Å². The quantitative estimate of drug-likeness (QED) is 0.641. The number of hydrogen-bond donors (Lipinski definition) is 3. The van der Waals surface area contributed by atoms with Crippen LogP contribution in [0.1, 0.15) is 31.4 Å². The van der Waals surface area contributed by atoms with Crippen molar-refractivity contribution in [1.82, 2.24) is 10.0 Å². The van der Waals surface area contributed by atoms with Crippen LogP contribution in [0.25, 0.3) is 0 Å². The number of carbonyl (C=O) groups is 2. The first-order chi connectivity index (χ1) is 11.2. The Morgan fingerprint density at radius 3 is 2.38 bits per heavy atom. The normalized spacial score (nSPS) is 20.0. The lowest BCUT2D eigenvalue weighted by Gasteiger charge is -2.13. The zero-order valence-electron chi connectivity index (χ0n) is 13.7. The van der Waals surface area contributed by atoms with Crippen molar-refractivity contribution in [1.29, 1.82) is 0 Å². The number of aliphatic carboxylic acids is 1. The first-order valence-corrected chi connectivity index (χ1v) is 9.42. The molecule has 7 nitrogen and oxygen atoms in total. The Kier molecular flexibility index (Phi) is 5.61. The van der Waals surface area contributed by atoms with Crippen LogP contribution in [0.5, 0.6) is 0 Å². The van der Waals surface area contributed by atoms with Crippen LogP contribution in [0.15, 0.2) is 24.3 Å². The minimum absolute atomic E-state index is 0.168. The number of carboxylic acids is 1. The molecule has 0 radical (unpaired) electrons. The number of nitrogens with one attached hydrogen (secondary N) is 2. The second-order valence-electron chi connectivity index (χ2n) is 6.31. The predicted molar refractivity (Wildman–Crippen MR) is 88.4 cm³/mol. The third-order valence-electron chi connectivity index (χ3n) is 3.78. The van der Waals surface area contributed by atoms with Gasteiger partial charge in [-0.15, -0.1) is 0 Å². The van der Waals surface area contributed by atoms with E-state index in [0.29, 0.717) is 17.5 Å². The van der Waals surface area contributed by atoms with Crippen LogP contribution < -0.4 is 10.0 Å².